The summed E-state index contributed by atoms with van der Waals surface area (Å²) in [6.07, 6.45) is 4.10. The number of nitrogens with two attached hydrogens (primary N) is 1. The molecule has 5 heteroatoms. The minimum absolute atomic E-state index is 0.326. The highest BCUT2D eigenvalue weighted by Gasteiger charge is 2.29. The van der Waals surface area contributed by atoms with Crippen LogP contribution in [0.1, 0.15) is 32.6 Å². The molecule has 1 rings (SSSR count). The van der Waals surface area contributed by atoms with E-state index in [2.05, 4.69) is 23.9 Å². The lowest BCUT2D eigenvalue weighted by Gasteiger charge is -2.36. The lowest BCUT2D eigenvalue weighted by atomic mass is 9.97. The van der Waals surface area contributed by atoms with Crippen molar-refractivity contribution in [3.8, 4) is 0 Å². The van der Waals surface area contributed by atoms with Gasteiger partial charge in [-0.25, -0.2) is 0 Å². The summed E-state index contributed by atoms with van der Waals surface area (Å²) in [7, 11) is 5.72. The van der Waals surface area contributed by atoms with Crippen LogP contribution in [0.25, 0.3) is 0 Å². The van der Waals surface area contributed by atoms with Gasteiger partial charge in [-0.05, 0) is 59.8 Å². The highest BCUT2D eigenvalue weighted by Crippen LogP contribution is 2.16. The molecule has 0 spiro atoms. The molecule has 1 aliphatic rings. The van der Waals surface area contributed by atoms with Gasteiger partial charge in [0.1, 0.15) is 5.54 Å². The van der Waals surface area contributed by atoms with Gasteiger partial charge in [-0.3, -0.25) is 4.79 Å². The highest BCUT2D eigenvalue weighted by atomic mass is 16.5. The van der Waals surface area contributed by atoms with Gasteiger partial charge in [0.15, 0.2) is 0 Å². The Hall–Kier alpha value is -0.650. The van der Waals surface area contributed by atoms with Crippen LogP contribution < -0.4 is 5.73 Å². The third-order valence-electron chi connectivity index (χ3n) is 4.08. The number of likely N-dealkylation sites (tertiary alicyclic amines) is 1. The van der Waals surface area contributed by atoms with Crippen molar-refractivity contribution in [1.82, 2.24) is 9.80 Å². The Labute approximate surface area is 117 Å². The third kappa shape index (κ3) is 5.09. The zero-order valence-corrected chi connectivity index (χ0v) is 12.8. The minimum atomic E-state index is -0.862. The van der Waals surface area contributed by atoms with Crippen LogP contribution in [0.4, 0.5) is 0 Å². The van der Waals surface area contributed by atoms with Gasteiger partial charge in [0, 0.05) is 12.6 Å². The van der Waals surface area contributed by atoms with Gasteiger partial charge in [0.25, 0.3) is 0 Å². The molecule has 5 nitrogen and oxygen atoms in total. The zero-order chi connectivity index (χ0) is 14.5. The van der Waals surface area contributed by atoms with Crippen LogP contribution >= 0.6 is 0 Å². The Morgan fingerprint density at radius 3 is 2.84 bits per heavy atom. The van der Waals surface area contributed by atoms with E-state index < -0.39 is 5.54 Å². The second kappa shape index (κ2) is 7.22. The van der Waals surface area contributed by atoms with E-state index in [4.69, 9.17) is 10.5 Å². The molecular weight excluding hydrogens is 242 g/mol. The van der Waals surface area contributed by atoms with Gasteiger partial charge < -0.3 is 20.3 Å². The molecule has 2 unspecified atom stereocenters. The quantitative estimate of drug-likeness (QED) is 0.720. The molecule has 0 bridgehead atoms. The molecular formula is C14H29N3O2. The van der Waals surface area contributed by atoms with Crippen molar-refractivity contribution < 1.29 is 9.53 Å². The van der Waals surface area contributed by atoms with Crippen LogP contribution in [-0.4, -0.2) is 68.2 Å². The molecule has 112 valence electrons. The van der Waals surface area contributed by atoms with E-state index in [1.807, 2.05) is 0 Å². The van der Waals surface area contributed by atoms with Crippen molar-refractivity contribution in [2.75, 3.05) is 40.8 Å². The number of hydrogen-bond donors (Lipinski definition) is 1. The van der Waals surface area contributed by atoms with Gasteiger partial charge in [-0.15, -0.1) is 0 Å². The van der Waals surface area contributed by atoms with Crippen LogP contribution in [-0.2, 0) is 9.53 Å². The maximum absolute atomic E-state index is 11.5. The van der Waals surface area contributed by atoms with E-state index in [0.29, 0.717) is 12.5 Å². The van der Waals surface area contributed by atoms with Crippen LogP contribution in [0.15, 0.2) is 0 Å². The number of nitrogens with zero attached hydrogens (tertiary/aromatic N) is 2. The van der Waals surface area contributed by atoms with Crippen molar-refractivity contribution in [3.63, 3.8) is 0 Å². The summed E-state index contributed by atoms with van der Waals surface area (Å²) >= 11 is 0. The second-order valence-electron chi connectivity index (χ2n) is 6.05. The van der Waals surface area contributed by atoms with Gasteiger partial charge >= 0.3 is 5.97 Å². The molecule has 0 radical (unpaired) electrons. The van der Waals surface area contributed by atoms with Crippen molar-refractivity contribution >= 4 is 5.97 Å². The Bertz CT molecular complexity index is 294. The number of esters is 1. The molecule has 0 amide bonds. The number of hydrogen-bond acceptors (Lipinski definition) is 5. The van der Waals surface area contributed by atoms with E-state index in [-0.39, 0.29) is 5.97 Å². The maximum atomic E-state index is 11.5. The summed E-state index contributed by atoms with van der Waals surface area (Å²) in [4.78, 5) is 16.3. The number of likely N-dealkylation sites (N-methyl/N-ethyl adjacent to an activating group) is 2. The largest absolute Gasteiger partial charge is 0.468 e. The summed E-state index contributed by atoms with van der Waals surface area (Å²) in [5, 5.41) is 0. The monoisotopic (exact) mass is 271 g/mol. The molecule has 2 atom stereocenters. The normalized spacial score (nSPS) is 24.2. The Morgan fingerprint density at radius 2 is 2.26 bits per heavy atom. The molecule has 1 heterocycles. The standard InChI is InChI=1S/C14H29N3O2/c1-14(15,13(18)19-4)8-6-10-17(3)12-7-5-9-16(2)11-12/h12H,5-11,15H2,1-4H3. The molecule has 0 aromatic rings. The number of ether oxygens (including phenoxy) is 1. The molecule has 1 saturated heterocycles. The fourth-order valence-electron chi connectivity index (χ4n) is 2.71. The molecule has 19 heavy (non-hydrogen) atoms. The van der Waals surface area contributed by atoms with Crippen LogP contribution in [0, 0.1) is 0 Å². The first-order valence-corrected chi connectivity index (χ1v) is 7.13. The SMILES string of the molecule is COC(=O)C(C)(N)CCCN(C)C1CCCN(C)C1. The number of carbonyl (C=O) groups is 1. The minimum Gasteiger partial charge on any atom is -0.468 e. The lowest BCUT2D eigenvalue weighted by Crippen LogP contribution is -2.47. The van der Waals surface area contributed by atoms with Crippen molar-refractivity contribution in [2.45, 2.75) is 44.2 Å². The smallest absolute Gasteiger partial charge is 0.325 e. The van der Waals surface area contributed by atoms with Crippen LogP contribution in [0.5, 0.6) is 0 Å². The first kappa shape index (κ1) is 16.4. The number of methoxy groups -OCH3 is 1. The van der Waals surface area contributed by atoms with Crippen LogP contribution in [0.2, 0.25) is 0 Å². The predicted molar refractivity (Wildman–Crippen MR) is 77.0 cm³/mol. The van der Waals surface area contributed by atoms with E-state index in [1.165, 1.54) is 26.5 Å². The topological polar surface area (TPSA) is 58.8 Å². The van der Waals surface area contributed by atoms with Gasteiger partial charge in [-0.1, -0.05) is 0 Å². The number of carbonyl (C=O) groups excluding carboxylic acids is 1. The first-order chi connectivity index (χ1) is 8.86. The molecule has 1 aliphatic heterocycles. The van der Waals surface area contributed by atoms with Crippen LogP contribution in [0.3, 0.4) is 0 Å². The van der Waals surface area contributed by atoms with Gasteiger partial charge in [-0.2, -0.15) is 0 Å². The number of rotatable bonds is 6. The molecule has 0 aliphatic carbocycles. The molecule has 1 fully saturated rings. The molecule has 2 N–H and O–H groups in total. The van der Waals surface area contributed by atoms with Crippen molar-refractivity contribution in [3.05, 3.63) is 0 Å². The summed E-state index contributed by atoms with van der Waals surface area (Å²) in [6, 6.07) is 0.626. The maximum Gasteiger partial charge on any atom is 0.325 e. The van der Waals surface area contributed by atoms with E-state index in [9.17, 15) is 4.79 Å². The lowest BCUT2D eigenvalue weighted by molar-refractivity contribution is -0.146. The summed E-state index contributed by atoms with van der Waals surface area (Å²) in [6.45, 7) is 5.05. The Morgan fingerprint density at radius 1 is 1.58 bits per heavy atom. The van der Waals surface area contributed by atoms with E-state index in [1.54, 1.807) is 6.92 Å². The van der Waals surface area contributed by atoms with Crippen molar-refractivity contribution in [1.29, 1.82) is 0 Å². The van der Waals surface area contributed by atoms with Gasteiger partial charge in [0.2, 0.25) is 0 Å². The third-order valence-corrected chi connectivity index (χ3v) is 4.08. The fraction of sp³-hybridized carbons (Fsp3) is 0.929. The average molecular weight is 271 g/mol. The number of piperidine rings is 1. The zero-order valence-electron chi connectivity index (χ0n) is 12.8. The fourth-order valence-corrected chi connectivity index (χ4v) is 2.71. The molecule has 0 aromatic carbocycles. The van der Waals surface area contributed by atoms with E-state index >= 15 is 0 Å². The summed E-state index contributed by atoms with van der Waals surface area (Å²) in [5.41, 5.74) is 5.09. The summed E-state index contributed by atoms with van der Waals surface area (Å²) in [5.74, 6) is -0.326. The molecule has 0 saturated carbocycles. The van der Waals surface area contributed by atoms with Gasteiger partial charge in [0.05, 0.1) is 7.11 Å². The van der Waals surface area contributed by atoms with E-state index in [0.717, 1.165) is 19.5 Å². The summed E-state index contributed by atoms with van der Waals surface area (Å²) < 4.78 is 4.72. The average Bonchev–Trinajstić information content (AvgIpc) is 2.37. The van der Waals surface area contributed by atoms with Crippen molar-refractivity contribution in [2.24, 2.45) is 5.73 Å². The predicted octanol–water partition coefficient (Wildman–Crippen LogP) is 0.683. The highest BCUT2D eigenvalue weighted by molar-refractivity contribution is 5.79. The molecule has 0 aromatic heterocycles. The Balaban J connectivity index is 2.30. The Kier molecular flexibility index (Phi) is 6.23. The second-order valence-corrected chi connectivity index (χ2v) is 6.05. The first-order valence-electron chi connectivity index (χ1n) is 7.13.